The Morgan fingerprint density at radius 3 is 2.44 bits per heavy atom. The molecule has 18 heavy (non-hydrogen) atoms. The van der Waals surface area contributed by atoms with Crippen molar-refractivity contribution in [2.75, 3.05) is 5.32 Å². The van der Waals surface area contributed by atoms with E-state index in [-0.39, 0.29) is 26.6 Å². The number of hydrogen-bond acceptors (Lipinski definition) is 3. The first-order valence-electron chi connectivity index (χ1n) is 4.64. The quantitative estimate of drug-likeness (QED) is 0.891. The summed E-state index contributed by atoms with van der Waals surface area (Å²) < 4.78 is 13.0. The molecule has 1 aromatic heterocycles. The summed E-state index contributed by atoms with van der Waals surface area (Å²) in [5.74, 6) is -0.490. The van der Waals surface area contributed by atoms with Crippen LogP contribution < -0.4 is 10.9 Å². The highest BCUT2D eigenvalue weighted by Crippen LogP contribution is 2.34. The van der Waals surface area contributed by atoms with Crippen molar-refractivity contribution in [2.24, 2.45) is 0 Å². The van der Waals surface area contributed by atoms with Gasteiger partial charge < -0.3 is 10.3 Å². The summed E-state index contributed by atoms with van der Waals surface area (Å²) in [4.78, 5) is 17.4. The van der Waals surface area contributed by atoms with Crippen molar-refractivity contribution in [1.29, 1.82) is 0 Å². The maximum absolute atomic E-state index is 13.0. The fraction of sp³-hybridized carbons (Fsp3) is 0. The largest absolute Gasteiger partial charge is 0.336 e. The lowest BCUT2D eigenvalue weighted by Crippen LogP contribution is -2.10. The van der Waals surface area contributed by atoms with Gasteiger partial charge in [0.2, 0.25) is 0 Å². The fourth-order valence-electron chi connectivity index (χ4n) is 1.25. The van der Waals surface area contributed by atoms with Crippen molar-refractivity contribution < 1.29 is 4.39 Å². The number of aromatic nitrogens is 2. The minimum Gasteiger partial charge on any atom is -0.336 e. The molecule has 94 valence electrons. The average Bonchev–Trinajstić information content (AvgIpc) is 2.28. The van der Waals surface area contributed by atoms with E-state index in [0.29, 0.717) is 0 Å². The van der Waals surface area contributed by atoms with Crippen molar-refractivity contribution >= 4 is 46.3 Å². The molecule has 2 rings (SSSR count). The molecule has 0 unspecified atom stereocenters. The van der Waals surface area contributed by atoms with Crippen LogP contribution in [0.1, 0.15) is 0 Å². The molecule has 2 N–H and O–H groups in total. The maximum atomic E-state index is 13.0. The highest BCUT2D eigenvalue weighted by atomic mass is 35.5. The molecule has 0 atom stereocenters. The predicted molar refractivity (Wildman–Crippen MR) is 69.6 cm³/mol. The molecule has 0 fully saturated rings. The Morgan fingerprint density at radius 1 is 1.22 bits per heavy atom. The normalized spacial score (nSPS) is 10.4. The minimum atomic E-state index is -0.569. The summed E-state index contributed by atoms with van der Waals surface area (Å²) in [6.45, 7) is 0. The first-order valence-corrected chi connectivity index (χ1v) is 5.77. The summed E-state index contributed by atoms with van der Waals surface area (Å²) in [5, 5.41) is 2.65. The van der Waals surface area contributed by atoms with Crippen LogP contribution in [0.25, 0.3) is 0 Å². The minimum absolute atomic E-state index is 0.0538. The van der Waals surface area contributed by atoms with Gasteiger partial charge in [0.05, 0.1) is 22.1 Å². The Balaban J connectivity index is 2.47. The lowest BCUT2D eigenvalue weighted by molar-refractivity contribution is 0.628. The van der Waals surface area contributed by atoms with Crippen molar-refractivity contribution in [3.8, 4) is 0 Å². The third-order valence-electron chi connectivity index (χ3n) is 2.05. The number of nitrogens with one attached hydrogen (secondary N) is 2. The summed E-state index contributed by atoms with van der Waals surface area (Å²) in [5.41, 5.74) is -0.289. The van der Waals surface area contributed by atoms with Gasteiger partial charge in [0.1, 0.15) is 10.8 Å². The molecule has 0 aliphatic rings. The number of rotatable bonds is 2. The van der Waals surface area contributed by atoms with Crippen LogP contribution in [0.2, 0.25) is 15.1 Å². The number of H-pyrrole nitrogens is 1. The Bertz CT molecular complexity index is 636. The Kier molecular flexibility index (Phi) is 3.75. The van der Waals surface area contributed by atoms with E-state index in [1.807, 2.05) is 0 Å². The van der Waals surface area contributed by atoms with E-state index < -0.39 is 11.4 Å². The SMILES string of the molecule is O=c1[nH]cnc(Nc2c(Cl)cc(F)cc2Cl)c1Cl. The number of anilines is 2. The second-order valence-electron chi connectivity index (χ2n) is 3.26. The van der Waals surface area contributed by atoms with Crippen molar-refractivity contribution in [1.82, 2.24) is 9.97 Å². The Labute approximate surface area is 116 Å². The molecule has 0 aliphatic carbocycles. The molecule has 0 saturated carbocycles. The van der Waals surface area contributed by atoms with Gasteiger partial charge in [-0.25, -0.2) is 9.37 Å². The fourth-order valence-corrected chi connectivity index (χ4v) is 1.96. The molecule has 0 spiro atoms. The highest BCUT2D eigenvalue weighted by molar-refractivity contribution is 6.39. The van der Waals surface area contributed by atoms with Crippen LogP contribution in [-0.4, -0.2) is 9.97 Å². The first kappa shape index (κ1) is 13.1. The average molecular weight is 309 g/mol. The molecule has 1 heterocycles. The van der Waals surface area contributed by atoms with E-state index in [0.717, 1.165) is 12.1 Å². The smallest absolute Gasteiger partial charge is 0.271 e. The van der Waals surface area contributed by atoms with Crippen molar-refractivity contribution in [2.45, 2.75) is 0 Å². The zero-order valence-corrected chi connectivity index (χ0v) is 10.9. The highest BCUT2D eigenvalue weighted by Gasteiger charge is 2.12. The van der Waals surface area contributed by atoms with Gasteiger partial charge in [0.25, 0.3) is 5.56 Å². The molecule has 4 nitrogen and oxygen atoms in total. The van der Waals surface area contributed by atoms with E-state index in [1.54, 1.807) is 0 Å². The van der Waals surface area contributed by atoms with E-state index in [2.05, 4.69) is 15.3 Å². The van der Waals surface area contributed by atoms with Gasteiger partial charge in [-0.1, -0.05) is 34.8 Å². The summed E-state index contributed by atoms with van der Waals surface area (Å²) in [7, 11) is 0. The summed E-state index contributed by atoms with van der Waals surface area (Å²) in [6, 6.07) is 2.16. The third-order valence-corrected chi connectivity index (χ3v) is 2.99. The third kappa shape index (κ3) is 2.58. The lowest BCUT2D eigenvalue weighted by Gasteiger charge is -2.10. The number of benzene rings is 1. The van der Waals surface area contributed by atoms with E-state index >= 15 is 0 Å². The van der Waals surface area contributed by atoms with Crippen LogP contribution in [0.4, 0.5) is 15.9 Å². The molecule has 2 aromatic rings. The number of halogens is 4. The van der Waals surface area contributed by atoms with Gasteiger partial charge in [-0.2, -0.15) is 0 Å². The maximum Gasteiger partial charge on any atom is 0.271 e. The van der Waals surface area contributed by atoms with Gasteiger partial charge >= 0.3 is 0 Å². The number of aromatic amines is 1. The van der Waals surface area contributed by atoms with E-state index in [1.165, 1.54) is 6.33 Å². The molecule has 0 bridgehead atoms. The Hall–Kier alpha value is -1.30. The molecule has 0 radical (unpaired) electrons. The van der Waals surface area contributed by atoms with Crippen molar-refractivity contribution in [3.63, 3.8) is 0 Å². The first-order chi connectivity index (χ1) is 8.49. The molecule has 8 heteroatoms. The zero-order valence-electron chi connectivity index (χ0n) is 8.60. The molecule has 0 saturated heterocycles. The molecule has 0 amide bonds. The van der Waals surface area contributed by atoms with Crippen LogP contribution in [0.3, 0.4) is 0 Å². The molecule has 1 aromatic carbocycles. The van der Waals surface area contributed by atoms with Crippen LogP contribution in [-0.2, 0) is 0 Å². The van der Waals surface area contributed by atoms with Crippen LogP contribution in [0.5, 0.6) is 0 Å². The topological polar surface area (TPSA) is 57.8 Å². The Morgan fingerprint density at radius 2 is 1.83 bits per heavy atom. The second-order valence-corrected chi connectivity index (χ2v) is 4.46. The molecular weight excluding hydrogens is 303 g/mol. The van der Waals surface area contributed by atoms with Gasteiger partial charge in [-0.15, -0.1) is 0 Å². The number of hydrogen-bond donors (Lipinski definition) is 2. The summed E-state index contributed by atoms with van der Waals surface area (Å²) >= 11 is 17.4. The van der Waals surface area contributed by atoms with Crippen LogP contribution in [0.15, 0.2) is 23.3 Å². The summed E-state index contributed by atoms with van der Waals surface area (Å²) in [6.07, 6.45) is 1.17. The zero-order chi connectivity index (χ0) is 13.3. The van der Waals surface area contributed by atoms with Gasteiger partial charge in [-0.05, 0) is 12.1 Å². The van der Waals surface area contributed by atoms with Crippen molar-refractivity contribution in [3.05, 3.63) is 49.7 Å². The molecular formula is C10H5Cl3FN3O. The van der Waals surface area contributed by atoms with E-state index in [9.17, 15) is 9.18 Å². The van der Waals surface area contributed by atoms with Gasteiger partial charge in [-0.3, -0.25) is 4.79 Å². The monoisotopic (exact) mass is 307 g/mol. The predicted octanol–water partition coefficient (Wildman–Crippen LogP) is 3.61. The van der Waals surface area contributed by atoms with Crippen LogP contribution in [0, 0.1) is 5.82 Å². The number of nitrogens with zero attached hydrogens (tertiary/aromatic N) is 1. The second kappa shape index (κ2) is 5.14. The standard InChI is InChI=1S/C10H5Cl3FN3O/c11-5-1-4(14)2-6(12)8(5)17-9-7(13)10(18)16-3-15-9/h1-3H,(H2,15,16,17,18). The molecule has 0 aliphatic heterocycles. The van der Waals surface area contributed by atoms with Crippen LogP contribution >= 0.6 is 34.8 Å². The van der Waals surface area contributed by atoms with Gasteiger partial charge in [0.15, 0.2) is 5.82 Å². The lowest BCUT2D eigenvalue weighted by atomic mass is 10.3. The van der Waals surface area contributed by atoms with Gasteiger partial charge in [0, 0.05) is 0 Å². The van der Waals surface area contributed by atoms with E-state index in [4.69, 9.17) is 34.8 Å².